The third-order valence-corrected chi connectivity index (χ3v) is 3.36. The highest BCUT2D eigenvalue weighted by molar-refractivity contribution is 5.94. The molecule has 96 valence electrons. The van der Waals surface area contributed by atoms with Crippen LogP contribution in [0.2, 0.25) is 0 Å². The predicted molar refractivity (Wildman–Crippen MR) is 63.8 cm³/mol. The average Bonchev–Trinajstić information content (AvgIpc) is 2.80. The molecule has 6 heteroatoms. The SMILES string of the molecule is O=C(CC1(C(=O)O)CCCC1)Nc1cncnc1. The maximum absolute atomic E-state index is 11.8. The van der Waals surface area contributed by atoms with Crippen LogP contribution in [0.15, 0.2) is 18.7 Å². The molecular weight excluding hydrogens is 234 g/mol. The van der Waals surface area contributed by atoms with E-state index in [4.69, 9.17) is 0 Å². The molecule has 1 aromatic heterocycles. The van der Waals surface area contributed by atoms with Gasteiger partial charge < -0.3 is 10.4 Å². The van der Waals surface area contributed by atoms with Gasteiger partial charge in [-0.05, 0) is 12.8 Å². The van der Waals surface area contributed by atoms with Gasteiger partial charge in [-0.3, -0.25) is 9.59 Å². The van der Waals surface area contributed by atoms with Gasteiger partial charge in [0.05, 0.1) is 23.5 Å². The third-order valence-electron chi connectivity index (χ3n) is 3.36. The fourth-order valence-corrected chi connectivity index (χ4v) is 2.39. The van der Waals surface area contributed by atoms with Crippen LogP contribution >= 0.6 is 0 Å². The van der Waals surface area contributed by atoms with Crippen LogP contribution in [-0.2, 0) is 9.59 Å². The summed E-state index contributed by atoms with van der Waals surface area (Å²) in [6.07, 6.45) is 7.21. The molecule has 0 radical (unpaired) electrons. The average molecular weight is 249 g/mol. The lowest BCUT2D eigenvalue weighted by Gasteiger charge is -2.22. The Labute approximate surface area is 104 Å². The molecule has 0 bridgehead atoms. The minimum atomic E-state index is -0.889. The van der Waals surface area contributed by atoms with Crippen molar-refractivity contribution in [2.45, 2.75) is 32.1 Å². The van der Waals surface area contributed by atoms with Crippen LogP contribution in [0.5, 0.6) is 0 Å². The fourth-order valence-electron chi connectivity index (χ4n) is 2.39. The number of carboxylic acid groups (broad SMARTS) is 1. The fraction of sp³-hybridized carbons (Fsp3) is 0.500. The van der Waals surface area contributed by atoms with Gasteiger partial charge in [-0.2, -0.15) is 0 Å². The minimum absolute atomic E-state index is 0.0111. The summed E-state index contributed by atoms with van der Waals surface area (Å²) in [6.45, 7) is 0. The molecule has 0 atom stereocenters. The number of carbonyl (C=O) groups excluding carboxylic acids is 1. The second-order valence-corrected chi connectivity index (χ2v) is 4.64. The standard InChI is InChI=1S/C12H15N3O3/c16-10(15-9-6-13-8-14-7-9)5-12(11(17)18)3-1-2-4-12/h6-8H,1-5H2,(H,15,16)(H,17,18). The van der Waals surface area contributed by atoms with Gasteiger partial charge in [-0.25, -0.2) is 9.97 Å². The molecular formula is C12H15N3O3. The van der Waals surface area contributed by atoms with E-state index in [0.29, 0.717) is 18.5 Å². The van der Waals surface area contributed by atoms with Gasteiger partial charge in [0.1, 0.15) is 6.33 Å². The zero-order chi connectivity index (χ0) is 13.0. The highest BCUT2D eigenvalue weighted by Crippen LogP contribution is 2.41. The highest BCUT2D eigenvalue weighted by Gasteiger charge is 2.42. The van der Waals surface area contributed by atoms with E-state index >= 15 is 0 Å². The largest absolute Gasteiger partial charge is 0.481 e. The molecule has 2 N–H and O–H groups in total. The molecule has 0 saturated heterocycles. The van der Waals surface area contributed by atoms with Gasteiger partial charge in [-0.1, -0.05) is 12.8 Å². The Kier molecular flexibility index (Phi) is 3.55. The molecule has 1 aromatic rings. The maximum Gasteiger partial charge on any atom is 0.310 e. The summed E-state index contributed by atoms with van der Waals surface area (Å²) in [6, 6.07) is 0. The first-order valence-corrected chi connectivity index (χ1v) is 5.91. The molecule has 0 aliphatic heterocycles. The molecule has 1 saturated carbocycles. The lowest BCUT2D eigenvalue weighted by Crippen LogP contribution is -2.32. The molecule has 2 rings (SSSR count). The van der Waals surface area contributed by atoms with E-state index in [1.807, 2.05) is 0 Å². The van der Waals surface area contributed by atoms with E-state index in [-0.39, 0.29) is 12.3 Å². The normalized spacial score (nSPS) is 17.3. The van der Waals surface area contributed by atoms with Gasteiger partial charge in [0, 0.05) is 6.42 Å². The summed E-state index contributed by atoms with van der Waals surface area (Å²) in [7, 11) is 0. The Balaban J connectivity index is 2.00. The number of carbonyl (C=O) groups is 2. The van der Waals surface area contributed by atoms with Crippen LogP contribution in [0, 0.1) is 5.41 Å². The van der Waals surface area contributed by atoms with Gasteiger partial charge >= 0.3 is 5.97 Å². The lowest BCUT2D eigenvalue weighted by atomic mass is 9.82. The van der Waals surface area contributed by atoms with Gasteiger partial charge in [-0.15, -0.1) is 0 Å². The molecule has 1 heterocycles. The van der Waals surface area contributed by atoms with Crippen molar-refractivity contribution in [3.63, 3.8) is 0 Å². The number of nitrogens with one attached hydrogen (secondary N) is 1. The zero-order valence-electron chi connectivity index (χ0n) is 9.93. The number of hydrogen-bond donors (Lipinski definition) is 2. The van der Waals surface area contributed by atoms with E-state index in [0.717, 1.165) is 12.8 Å². The number of hydrogen-bond acceptors (Lipinski definition) is 4. The summed E-state index contributed by atoms with van der Waals surface area (Å²) in [4.78, 5) is 30.7. The van der Waals surface area contributed by atoms with Crippen molar-refractivity contribution in [2.24, 2.45) is 5.41 Å². The number of amides is 1. The van der Waals surface area contributed by atoms with Gasteiger partial charge in [0.2, 0.25) is 5.91 Å². The summed E-state index contributed by atoms with van der Waals surface area (Å²) in [5, 5.41) is 11.9. The molecule has 1 fully saturated rings. The maximum atomic E-state index is 11.8. The Morgan fingerprint density at radius 2 is 1.89 bits per heavy atom. The molecule has 18 heavy (non-hydrogen) atoms. The molecule has 0 spiro atoms. The number of rotatable bonds is 4. The van der Waals surface area contributed by atoms with Crippen molar-refractivity contribution in [3.8, 4) is 0 Å². The second kappa shape index (κ2) is 5.12. The van der Waals surface area contributed by atoms with Gasteiger partial charge in [0.15, 0.2) is 0 Å². The molecule has 0 unspecified atom stereocenters. The van der Waals surface area contributed by atoms with Crippen molar-refractivity contribution < 1.29 is 14.7 Å². The van der Waals surface area contributed by atoms with Crippen LogP contribution in [0.25, 0.3) is 0 Å². The monoisotopic (exact) mass is 249 g/mol. The first-order chi connectivity index (χ1) is 8.62. The number of anilines is 1. The lowest BCUT2D eigenvalue weighted by molar-refractivity contribution is -0.150. The van der Waals surface area contributed by atoms with Crippen molar-refractivity contribution in [2.75, 3.05) is 5.32 Å². The van der Waals surface area contributed by atoms with E-state index in [1.165, 1.54) is 18.7 Å². The molecule has 1 aliphatic rings. The molecule has 1 amide bonds. The molecule has 1 aliphatic carbocycles. The first kappa shape index (κ1) is 12.5. The number of carboxylic acids is 1. The summed E-state index contributed by atoms with van der Waals surface area (Å²) < 4.78 is 0. The summed E-state index contributed by atoms with van der Waals surface area (Å²) in [5.74, 6) is -1.17. The van der Waals surface area contributed by atoms with Crippen LogP contribution in [0.4, 0.5) is 5.69 Å². The van der Waals surface area contributed by atoms with Crippen LogP contribution in [0.3, 0.4) is 0 Å². The minimum Gasteiger partial charge on any atom is -0.481 e. The predicted octanol–water partition coefficient (Wildman–Crippen LogP) is 1.45. The Hall–Kier alpha value is -1.98. The Bertz CT molecular complexity index is 441. The quantitative estimate of drug-likeness (QED) is 0.842. The van der Waals surface area contributed by atoms with Crippen molar-refractivity contribution in [1.29, 1.82) is 0 Å². The summed E-state index contributed by atoms with van der Waals surface area (Å²) >= 11 is 0. The van der Waals surface area contributed by atoms with Crippen LogP contribution in [0.1, 0.15) is 32.1 Å². The number of aromatic nitrogens is 2. The van der Waals surface area contributed by atoms with Crippen molar-refractivity contribution in [3.05, 3.63) is 18.7 Å². The second-order valence-electron chi connectivity index (χ2n) is 4.64. The summed E-state index contributed by atoms with van der Waals surface area (Å²) in [5.41, 5.74) is -0.402. The highest BCUT2D eigenvalue weighted by atomic mass is 16.4. The van der Waals surface area contributed by atoms with Crippen molar-refractivity contribution >= 4 is 17.6 Å². The zero-order valence-corrected chi connectivity index (χ0v) is 9.93. The topological polar surface area (TPSA) is 92.2 Å². The van der Waals surface area contributed by atoms with Crippen LogP contribution < -0.4 is 5.32 Å². The Morgan fingerprint density at radius 3 is 2.44 bits per heavy atom. The van der Waals surface area contributed by atoms with Crippen LogP contribution in [-0.4, -0.2) is 27.0 Å². The Morgan fingerprint density at radius 1 is 1.28 bits per heavy atom. The van der Waals surface area contributed by atoms with E-state index in [9.17, 15) is 14.7 Å². The van der Waals surface area contributed by atoms with E-state index in [2.05, 4.69) is 15.3 Å². The van der Waals surface area contributed by atoms with E-state index in [1.54, 1.807) is 0 Å². The third kappa shape index (κ3) is 2.64. The number of aliphatic carboxylic acids is 1. The molecule has 6 nitrogen and oxygen atoms in total. The first-order valence-electron chi connectivity index (χ1n) is 5.91. The van der Waals surface area contributed by atoms with Gasteiger partial charge in [0.25, 0.3) is 0 Å². The van der Waals surface area contributed by atoms with Crippen molar-refractivity contribution in [1.82, 2.24) is 9.97 Å². The van der Waals surface area contributed by atoms with E-state index < -0.39 is 11.4 Å². The smallest absolute Gasteiger partial charge is 0.310 e. The molecule has 0 aromatic carbocycles. The number of nitrogens with zero attached hydrogens (tertiary/aromatic N) is 2.